The molecule has 0 heterocycles. The van der Waals surface area contributed by atoms with Gasteiger partial charge in [-0.2, -0.15) is 11.8 Å². The first-order chi connectivity index (χ1) is 11.0. The van der Waals surface area contributed by atoms with Crippen molar-refractivity contribution in [3.63, 3.8) is 0 Å². The molecule has 1 rings (SSSR count). The molecule has 1 aromatic carbocycles. The number of carbonyl (C=O) groups is 3. The lowest BCUT2D eigenvalue weighted by Gasteiger charge is -2.16. The predicted molar refractivity (Wildman–Crippen MR) is 87.8 cm³/mol. The zero-order chi connectivity index (χ0) is 17.2. The van der Waals surface area contributed by atoms with Gasteiger partial charge in [0.05, 0.1) is 12.7 Å². The van der Waals surface area contributed by atoms with Gasteiger partial charge in [-0.05, 0) is 30.6 Å². The molecule has 1 aromatic rings. The number of ketones is 1. The number of nitrogens with one attached hydrogen (secondary N) is 1. The number of rotatable bonds is 9. The highest BCUT2D eigenvalue weighted by Crippen LogP contribution is 2.17. The number of esters is 1. The lowest BCUT2D eigenvalue weighted by atomic mass is 10.1. The normalized spacial score (nSPS) is 11.4. The van der Waals surface area contributed by atoms with Gasteiger partial charge in [-0.3, -0.25) is 4.79 Å². The van der Waals surface area contributed by atoms with Crippen molar-refractivity contribution in [3.05, 3.63) is 29.8 Å². The third-order valence-electron chi connectivity index (χ3n) is 2.96. The van der Waals surface area contributed by atoms with Crippen molar-refractivity contribution in [3.8, 4) is 5.75 Å². The van der Waals surface area contributed by atoms with Crippen molar-refractivity contribution in [2.45, 2.75) is 12.5 Å². The van der Waals surface area contributed by atoms with Gasteiger partial charge in [0.15, 0.2) is 6.61 Å². The number of thioether (sulfide) groups is 1. The fourth-order valence-corrected chi connectivity index (χ4v) is 2.32. The van der Waals surface area contributed by atoms with Crippen LogP contribution < -0.4 is 15.8 Å². The summed E-state index contributed by atoms with van der Waals surface area (Å²) in [5.41, 5.74) is 5.36. The third-order valence-corrected chi connectivity index (χ3v) is 3.61. The summed E-state index contributed by atoms with van der Waals surface area (Å²) in [6.45, 7) is -0.435. The van der Waals surface area contributed by atoms with Crippen LogP contribution in [0.1, 0.15) is 16.8 Å². The molecule has 0 saturated carbocycles. The van der Waals surface area contributed by atoms with Crippen molar-refractivity contribution in [2.24, 2.45) is 5.73 Å². The molecular weight excluding hydrogens is 320 g/mol. The number of Topliss-reactive ketones (excluding diaryl/α,β-unsaturated/α-hetero) is 1. The SMILES string of the molecule is COc1ccccc1C(=O)COC(=O)[C@@H](CCSC)NC(N)=O. The number of hydrogen-bond acceptors (Lipinski definition) is 6. The first-order valence-electron chi connectivity index (χ1n) is 6.87. The Balaban J connectivity index is 2.64. The Morgan fingerprint density at radius 1 is 1.30 bits per heavy atom. The number of urea groups is 1. The van der Waals surface area contributed by atoms with E-state index in [0.29, 0.717) is 23.5 Å². The van der Waals surface area contributed by atoms with Crippen molar-refractivity contribution in [1.82, 2.24) is 5.32 Å². The largest absolute Gasteiger partial charge is 0.496 e. The zero-order valence-electron chi connectivity index (χ0n) is 13.0. The Kier molecular flexibility index (Phi) is 7.96. The van der Waals surface area contributed by atoms with Gasteiger partial charge in [-0.1, -0.05) is 12.1 Å². The Hall–Kier alpha value is -2.22. The lowest BCUT2D eigenvalue weighted by molar-refractivity contribution is -0.144. The number of carbonyl (C=O) groups excluding carboxylic acids is 3. The molecule has 2 amide bonds. The number of ether oxygens (including phenoxy) is 2. The first-order valence-corrected chi connectivity index (χ1v) is 8.26. The molecule has 0 spiro atoms. The van der Waals surface area contributed by atoms with Gasteiger partial charge in [-0.25, -0.2) is 9.59 Å². The number of primary amides is 1. The summed E-state index contributed by atoms with van der Waals surface area (Å²) in [6, 6.07) is 4.96. The summed E-state index contributed by atoms with van der Waals surface area (Å²) in [6.07, 6.45) is 2.24. The van der Waals surface area contributed by atoms with Crippen LogP contribution in [0.2, 0.25) is 0 Å². The van der Waals surface area contributed by atoms with E-state index < -0.39 is 30.4 Å². The highest BCUT2D eigenvalue weighted by molar-refractivity contribution is 7.98. The summed E-state index contributed by atoms with van der Waals surface area (Å²) in [4.78, 5) is 35.0. The van der Waals surface area contributed by atoms with Crippen LogP contribution in [0.5, 0.6) is 5.75 Å². The molecule has 0 aromatic heterocycles. The summed E-state index contributed by atoms with van der Waals surface area (Å²) in [5, 5.41) is 2.32. The van der Waals surface area contributed by atoms with Gasteiger partial charge in [-0.15, -0.1) is 0 Å². The summed E-state index contributed by atoms with van der Waals surface area (Å²) < 4.78 is 10.1. The van der Waals surface area contributed by atoms with Gasteiger partial charge in [0.25, 0.3) is 0 Å². The van der Waals surface area contributed by atoms with Gasteiger partial charge >= 0.3 is 12.0 Å². The average Bonchev–Trinajstić information content (AvgIpc) is 2.55. The maximum atomic E-state index is 12.1. The third kappa shape index (κ3) is 6.19. The molecule has 8 heteroatoms. The topological polar surface area (TPSA) is 108 Å². The minimum Gasteiger partial charge on any atom is -0.496 e. The molecule has 1 atom stereocenters. The molecule has 0 bridgehead atoms. The molecule has 0 aliphatic heterocycles. The van der Waals surface area contributed by atoms with E-state index in [1.165, 1.54) is 18.9 Å². The number of para-hydroxylation sites is 1. The van der Waals surface area contributed by atoms with E-state index in [1.54, 1.807) is 24.3 Å². The zero-order valence-corrected chi connectivity index (χ0v) is 13.9. The average molecular weight is 340 g/mol. The second-order valence-corrected chi connectivity index (χ2v) is 5.56. The van der Waals surface area contributed by atoms with Crippen LogP contribution in [0.4, 0.5) is 4.79 Å². The number of hydrogen-bond donors (Lipinski definition) is 2. The number of amides is 2. The van der Waals surface area contributed by atoms with Crippen LogP contribution in [-0.4, -0.2) is 49.6 Å². The van der Waals surface area contributed by atoms with Crippen molar-refractivity contribution in [2.75, 3.05) is 25.7 Å². The van der Waals surface area contributed by atoms with E-state index in [4.69, 9.17) is 15.2 Å². The highest BCUT2D eigenvalue weighted by Gasteiger charge is 2.22. The molecule has 0 aliphatic carbocycles. The van der Waals surface area contributed by atoms with Gasteiger partial charge in [0.1, 0.15) is 11.8 Å². The van der Waals surface area contributed by atoms with Crippen LogP contribution in [0.3, 0.4) is 0 Å². The lowest BCUT2D eigenvalue weighted by Crippen LogP contribution is -2.45. The molecule has 0 fully saturated rings. The van der Waals surface area contributed by atoms with E-state index in [0.717, 1.165) is 0 Å². The first kappa shape index (κ1) is 18.8. The van der Waals surface area contributed by atoms with Gasteiger partial charge < -0.3 is 20.5 Å². The molecule has 0 saturated heterocycles. The van der Waals surface area contributed by atoms with E-state index in [9.17, 15) is 14.4 Å². The number of methoxy groups -OCH3 is 1. The quantitative estimate of drug-likeness (QED) is 0.517. The van der Waals surface area contributed by atoms with Gasteiger partial charge in [0.2, 0.25) is 5.78 Å². The van der Waals surface area contributed by atoms with E-state index in [-0.39, 0.29) is 0 Å². The Morgan fingerprint density at radius 3 is 2.61 bits per heavy atom. The summed E-state index contributed by atoms with van der Waals surface area (Å²) >= 11 is 1.52. The molecular formula is C15H20N2O5S. The minimum absolute atomic E-state index is 0.325. The minimum atomic E-state index is -0.870. The Labute approximate surface area is 138 Å². The van der Waals surface area contributed by atoms with Gasteiger partial charge in [0, 0.05) is 0 Å². The molecule has 0 unspecified atom stereocenters. The van der Waals surface area contributed by atoms with Crippen LogP contribution >= 0.6 is 11.8 Å². The standard InChI is InChI=1S/C15H20N2O5S/c1-21-13-6-4-3-5-10(13)12(18)9-22-14(19)11(7-8-23-2)17-15(16)20/h3-6,11H,7-9H2,1-2H3,(H3,16,17,20)/t11-/m1/s1. The molecule has 23 heavy (non-hydrogen) atoms. The molecule has 3 N–H and O–H groups in total. The van der Waals surface area contributed by atoms with Crippen LogP contribution in [0.15, 0.2) is 24.3 Å². The van der Waals surface area contributed by atoms with Crippen molar-refractivity contribution >= 4 is 29.5 Å². The summed E-state index contributed by atoms with van der Waals surface area (Å²) in [5.74, 6) is -0.0390. The Morgan fingerprint density at radius 2 is 2.00 bits per heavy atom. The molecule has 7 nitrogen and oxygen atoms in total. The maximum absolute atomic E-state index is 12.1. The maximum Gasteiger partial charge on any atom is 0.329 e. The van der Waals surface area contributed by atoms with Crippen LogP contribution in [-0.2, 0) is 9.53 Å². The second-order valence-electron chi connectivity index (χ2n) is 4.57. The van der Waals surface area contributed by atoms with Crippen LogP contribution in [0.25, 0.3) is 0 Å². The molecule has 0 radical (unpaired) electrons. The highest BCUT2D eigenvalue weighted by atomic mass is 32.2. The fourth-order valence-electron chi connectivity index (χ4n) is 1.85. The molecule has 0 aliphatic rings. The second kappa shape index (κ2) is 9.73. The smallest absolute Gasteiger partial charge is 0.329 e. The van der Waals surface area contributed by atoms with E-state index in [2.05, 4.69) is 5.32 Å². The van der Waals surface area contributed by atoms with Crippen LogP contribution in [0, 0.1) is 0 Å². The summed E-state index contributed by atoms with van der Waals surface area (Å²) in [7, 11) is 1.45. The van der Waals surface area contributed by atoms with E-state index in [1.807, 2.05) is 6.26 Å². The predicted octanol–water partition coefficient (Wildman–Crippen LogP) is 1.21. The van der Waals surface area contributed by atoms with Crippen molar-refractivity contribution < 1.29 is 23.9 Å². The fraction of sp³-hybridized carbons (Fsp3) is 0.400. The van der Waals surface area contributed by atoms with Crippen molar-refractivity contribution in [1.29, 1.82) is 0 Å². The monoisotopic (exact) mass is 340 g/mol. The molecule has 126 valence electrons. The number of nitrogens with two attached hydrogens (primary N) is 1. The van der Waals surface area contributed by atoms with E-state index >= 15 is 0 Å². The number of benzene rings is 1. The Bertz CT molecular complexity index is 565.